The average Bonchev–Trinajstić information content (AvgIpc) is 2.12. The zero-order valence-corrected chi connectivity index (χ0v) is 8.44. The second kappa shape index (κ2) is 4.05. The van der Waals surface area contributed by atoms with Crippen molar-refractivity contribution in [2.45, 2.75) is 12.6 Å². The molecule has 1 aliphatic rings. The fraction of sp³-hybridized carbons (Fsp3) is 0.455. The third-order valence-corrected chi connectivity index (χ3v) is 2.73. The standard InChI is InChI=1S/C11H11F4N/c12-10-2-1-7(3-8-5-16-6-8)4-9(10)11(13,14)15/h1-2,4,8,16H,3,5-6H2. The molecule has 1 nitrogen and oxygen atoms in total. The topological polar surface area (TPSA) is 12.0 Å². The molecule has 0 radical (unpaired) electrons. The highest BCUT2D eigenvalue weighted by atomic mass is 19.4. The molecule has 16 heavy (non-hydrogen) atoms. The molecule has 2 rings (SSSR count). The van der Waals surface area contributed by atoms with Gasteiger partial charge in [-0.3, -0.25) is 0 Å². The Morgan fingerprint density at radius 1 is 1.25 bits per heavy atom. The third-order valence-electron chi connectivity index (χ3n) is 2.73. The summed E-state index contributed by atoms with van der Waals surface area (Å²) in [5.41, 5.74) is -0.627. The predicted molar refractivity (Wildman–Crippen MR) is 51.5 cm³/mol. The van der Waals surface area contributed by atoms with Crippen LogP contribution >= 0.6 is 0 Å². The molecule has 0 amide bonds. The molecule has 0 saturated carbocycles. The van der Waals surface area contributed by atoms with E-state index in [2.05, 4.69) is 5.32 Å². The second-order valence-electron chi connectivity index (χ2n) is 4.04. The van der Waals surface area contributed by atoms with E-state index < -0.39 is 17.6 Å². The van der Waals surface area contributed by atoms with Crippen LogP contribution in [-0.2, 0) is 12.6 Å². The molecule has 5 heteroatoms. The van der Waals surface area contributed by atoms with Crippen LogP contribution in [0.15, 0.2) is 18.2 Å². The zero-order chi connectivity index (χ0) is 11.8. The van der Waals surface area contributed by atoms with E-state index in [0.717, 1.165) is 25.2 Å². The maximum Gasteiger partial charge on any atom is 0.419 e. The van der Waals surface area contributed by atoms with Gasteiger partial charge < -0.3 is 5.32 Å². The second-order valence-corrected chi connectivity index (χ2v) is 4.04. The third kappa shape index (κ3) is 2.35. The van der Waals surface area contributed by atoms with Gasteiger partial charge in [0.15, 0.2) is 0 Å². The number of alkyl halides is 3. The molecule has 0 spiro atoms. The van der Waals surface area contributed by atoms with Gasteiger partial charge >= 0.3 is 6.18 Å². The summed E-state index contributed by atoms with van der Waals surface area (Å²) in [6, 6.07) is 3.22. The van der Waals surface area contributed by atoms with Crippen molar-refractivity contribution in [2.24, 2.45) is 5.92 Å². The molecular formula is C11H11F4N. The van der Waals surface area contributed by atoms with Crippen LogP contribution in [-0.4, -0.2) is 13.1 Å². The van der Waals surface area contributed by atoms with Gasteiger partial charge in [0.25, 0.3) is 0 Å². The Kier molecular flexibility index (Phi) is 2.88. The van der Waals surface area contributed by atoms with E-state index in [1.165, 1.54) is 6.07 Å². The van der Waals surface area contributed by atoms with Crippen LogP contribution in [0.3, 0.4) is 0 Å². The largest absolute Gasteiger partial charge is 0.419 e. The van der Waals surface area contributed by atoms with Crippen molar-refractivity contribution in [3.8, 4) is 0 Å². The lowest BCUT2D eigenvalue weighted by Gasteiger charge is -2.27. The van der Waals surface area contributed by atoms with Gasteiger partial charge in [0.2, 0.25) is 0 Å². The van der Waals surface area contributed by atoms with Crippen LogP contribution in [0, 0.1) is 11.7 Å². The lowest BCUT2D eigenvalue weighted by Crippen LogP contribution is -2.43. The summed E-state index contributed by atoms with van der Waals surface area (Å²) in [5, 5.41) is 3.04. The number of rotatable bonds is 2. The summed E-state index contributed by atoms with van der Waals surface area (Å²) < 4.78 is 50.2. The molecule has 1 aromatic carbocycles. The Labute approximate surface area is 90.5 Å². The van der Waals surface area contributed by atoms with Gasteiger partial charge in [0.05, 0.1) is 5.56 Å². The number of hydrogen-bond donors (Lipinski definition) is 1. The molecule has 1 aliphatic heterocycles. The first-order valence-electron chi connectivity index (χ1n) is 5.03. The summed E-state index contributed by atoms with van der Waals surface area (Å²) in [7, 11) is 0. The molecule has 0 aliphatic carbocycles. The van der Waals surface area contributed by atoms with E-state index in [1.54, 1.807) is 0 Å². The highest BCUT2D eigenvalue weighted by molar-refractivity contribution is 5.28. The minimum Gasteiger partial charge on any atom is -0.316 e. The van der Waals surface area contributed by atoms with Gasteiger partial charge in [-0.25, -0.2) is 4.39 Å². The summed E-state index contributed by atoms with van der Waals surface area (Å²) >= 11 is 0. The van der Waals surface area contributed by atoms with Crippen LogP contribution in [0.2, 0.25) is 0 Å². The molecule has 88 valence electrons. The Morgan fingerprint density at radius 3 is 2.44 bits per heavy atom. The molecule has 0 atom stereocenters. The summed E-state index contributed by atoms with van der Waals surface area (Å²) in [4.78, 5) is 0. The van der Waals surface area contributed by atoms with E-state index in [1.807, 2.05) is 0 Å². The molecule has 0 aromatic heterocycles. The normalized spacial score (nSPS) is 17.2. The highest BCUT2D eigenvalue weighted by Crippen LogP contribution is 2.32. The van der Waals surface area contributed by atoms with E-state index in [4.69, 9.17) is 0 Å². The highest BCUT2D eigenvalue weighted by Gasteiger charge is 2.34. The summed E-state index contributed by atoms with van der Waals surface area (Å²) in [6.45, 7) is 1.64. The number of nitrogens with one attached hydrogen (secondary N) is 1. The van der Waals surface area contributed by atoms with Gasteiger partial charge in [0, 0.05) is 0 Å². The van der Waals surface area contributed by atoms with Crippen LogP contribution in [0.4, 0.5) is 17.6 Å². The monoisotopic (exact) mass is 233 g/mol. The van der Waals surface area contributed by atoms with Gasteiger partial charge in [-0.1, -0.05) is 6.07 Å². The summed E-state index contributed by atoms with van der Waals surface area (Å²) in [5.74, 6) is -0.838. The van der Waals surface area contributed by atoms with Crippen LogP contribution in [0.5, 0.6) is 0 Å². The van der Waals surface area contributed by atoms with Crippen molar-refractivity contribution in [1.82, 2.24) is 5.32 Å². The van der Waals surface area contributed by atoms with Crippen molar-refractivity contribution < 1.29 is 17.6 Å². The molecule has 0 bridgehead atoms. The summed E-state index contributed by atoms with van der Waals surface area (Å²) in [6.07, 6.45) is -4.05. The maximum atomic E-state index is 13.0. The van der Waals surface area contributed by atoms with Crippen molar-refractivity contribution in [2.75, 3.05) is 13.1 Å². The lowest BCUT2D eigenvalue weighted by atomic mass is 9.93. The molecule has 1 N–H and O–H groups in total. The first-order chi connectivity index (χ1) is 7.47. The molecule has 1 aromatic rings. The Balaban J connectivity index is 2.20. The minimum atomic E-state index is -4.61. The van der Waals surface area contributed by atoms with Crippen LogP contribution in [0.25, 0.3) is 0 Å². The Hall–Kier alpha value is -1.10. The molecule has 1 saturated heterocycles. The first-order valence-corrected chi connectivity index (χ1v) is 5.03. The fourth-order valence-electron chi connectivity index (χ4n) is 1.74. The van der Waals surface area contributed by atoms with Crippen molar-refractivity contribution in [1.29, 1.82) is 0 Å². The maximum absolute atomic E-state index is 13.0. The van der Waals surface area contributed by atoms with E-state index in [-0.39, 0.29) is 0 Å². The zero-order valence-electron chi connectivity index (χ0n) is 8.44. The predicted octanol–water partition coefficient (Wildman–Crippen LogP) is 2.61. The van der Waals surface area contributed by atoms with Crippen molar-refractivity contribution >= 4 is 0 Å². The quantitative estimate of drug-likeness (QED) is 0.774. The molecule has 1 heterocycles. The number of hydrogen-bond acceptors (Lipinski definition) is 1. The molecule has 0 unspecified atom stereocenters. The van der Waals surface area contributed by atoms with E-state index >= 15 is 0 Å². The van der Waals surface area contributed by atoms with Crippen LogP contribution < -0.4 is 5.32 Å². The molecule has 1 fully saturated rings. The van der Waals surface area contributed by atoms with E-state index in [9.17, 15) is 17.6 Å². The van der Waals surface area contributed by atoms with Crippen LogP contribution in [0.1, 0.15) is 11.1 Å². The molecular weight excluding hydrogens is 222 g/mol. The van der Waals surface area contributed by atoms with Gasteiger partial charge in [-0.2, -0.15) is 13.2 Å². The van der Waals surface area contributed by atoms with Gasteiger partial charge in [0.1, 0.15) is 5.82 Å². The first kappa shape index (κ1) is 11.4. The Morgan fingerprint density at radius 2 is 1.94 bits per heavy atom. The number of benzene rings is 1. The van der Waals surface area contributed by atoms with Crippen molar-refractivity contribution in [3.63, 3.8) is 0 Å². The average molecular weight is 233 g/mol. The van der Waals surface area contributed by atoms with Gasteiger partial charge in [-0.05, 0) is 43.1 Å². The number of halogens is 4. The van der Waals surface area contributed by atoms with Gasteiger partial charge in [-0.15, -0.1) is 0 Å². The lowest BCUT2D eigenvalue weighted by molar-refractivity contribution is -0.140. The smallest absolute Gasteiger partial charge is 0.316 e. The minimum absolute atomic E-state index is 0.367. The fourth-order valence-corrected chi connectivity index (χ4v) is 1.74. The SMILES string of the molecule is Fc1ccc(CC2CNC2)cc1C(F)(F)F. The van der Waals surface area contributed by atoms with E-state index in [0.29, 0.717) is 17.9 Å². The Bertz CT molecular complexity index is 382. The van der Waals surface area contributed by atoms with Crippen molar-refractivity contribution in [3.05, 3.63) is 35.1 Å².